The van der Waals surface area contributed by atoms with Crippen molar-refractivity contribution in [2.45, 2.75) is 19.3 Å². The Bertz CT molecular complexity index is 2330. The maximum atomic E-state index is 5.07. The molecule has 6 aromatic carbocycles. The molecule has 50 heavy (non-hydrogen) atoms. The number of para-hydroxylation sites is 2. The molecule has 0 amide bonds. The first-order chi connectivity index (χ1) is 24.7. The van der Waals surface area contributed by atoms with Gasteiger partial charge in [0.1, 0.15) is 24.0 Å². The number of hydrogen-bond donors (Lipinski definition) is 2. The highest BCUT2D eigenvalue weighted by atomic mass is 15.3. The Morgan fingerprint density at radius 3 is 1.72 bits per heavy atom. The second-order valence-electron chi connectivity index (χ2n) is 12.5. The molecule has 0 fully saturated rings. The van der Waals surface area contributed by atoms with Gasteiger partial charge in [0.05, 0.1) is 11.0 Å². The molecule has 1 aliphatic rings. The van der Waals surface area contributed by atoms with Gasteiger partial charge >= 0.3 is 0 Å². The van der Waals surface area contributed by atoms with Crippen LogP contribution in [-0.2, 0) is 0 Å². The van der Waals surface area contributed by atoms with E-state index in [0.717, 1.165) is 22.8 Å². The number of nitrogens with zero attached hydrogens (tertiary/aromatic N) is 3. The first kappa shape index (κ1) is 31.0. The Balaban J connectivity index is 0.000000162. The highest BCUT2D eigenvalue weighted by molar-refractivity contribution is 6.09. The first-order valence-corrected chi connectivity index (χ1v) is 17.0. The van der Waals surface area contributed by atoms with Crippen LogP contribution in [0.25, 0.3) is 38.8 Å². The third-order valence-corrected chi connectivity index (χ3v) is 9.03. The zero-order valence-corrected chi connectivity index (χ0v) is 27.8. The van der Waals surface area contributed by atoms with Crippen molar-refractivity contribution in [1.29, 1.82) is 0 Å². The molecule has 0 radical (unpaired) electrons. The molecule has 8 aromatic rings. The monoisotopic (exact) mass is 647 g/mol. The number of nitrogens with one attached hydrogen (secondary N) is 2. The van der Waals surface area contributed by atoms with Crippen LogP contribution in [0.2, 0.25) is 0 Å². The topological polar surface area (TPSA) is 54.2 Å². The Kier molecular flexibility index (Phi) is 8.71. The lowest BCUT2D eigenvalue weighted by atomic mass is 9.99. The van der Waals surface area contributed by atoms with E-state index in [4.69, 9.17) is 4.99 Å². The average molecular weight is 648 g/mol. The maximum absolute atomic E-state index is 5.07. The SMILES string of the molecule is Cc1cc(C2=NC(c3ccccc3)NC(c3ccccc3)N2)cc(-c2ccccc2)c1.c1ccc(-n2c3ccccc3c3ccccc32)nc1. The smallest absolute Gasteiger partial charge is 0.137 e. The lowest BCUT2D eigenvalue weighted by Crippen LogP contribution is -2.45. The minimum absolute atomic E-state index is 0.0282. The molecular weight excluding hydrogens is 611 g/mol. The van der Waals surface area contributed by atoms with Gasteiger partial charge in [-0.05, 0) is 71.1 Å². The molecule has 2 aromatic heterocycles. The van der Waals surface area contributed by atoms with Gasteiger partial charge in [-0.2, -0.15) is 0 Å². The molecule has 5 nitrogen and oxygen atoms in total. The van der Waals surface area contributed by atoms with E-state index in [1.165, 1.54) is 44.1 Å². The van der Waals surface area contributed by atoms with Crippen molar-refractivity contribution < 1.29 is 0 Å². The van der Waals surface area contributed by atoms with Crippen LogP contribution in [0, 0.1) is 6.92 Å². The Hall–Kier alpha value is -6.30. The van der Waals surface area contributed by atoms with Gasteiger partial charge in [0, 0.05) is 22.5 Å². The number of amidine groups is 1. The molecule has 5 heteroatoms. The third-order valence-electron chi connectivity index (χ3n) is 9.03. The Labute approximate surface area is 292 Å². The van der Waals surface area contributed by atoms with E-state index in [1.807, 2.05) is 42.6 Å². The van der Waals surface area contributed by atoms with Crippen molar-refractivity contribution >= 4 is 27.6 Å². The van der Waals surface area contributed by atoms with Crippen molar-refractivity contribution in [2.24, 2.45) is 4.99 Å². The van der Waals surface area contributed by atoms with Crippen molar-refractivity contribution in [3.63, 3.8) is 0 Å². The summed E-state index contributed by atoms with van der Waals surface area (Å²) in [4.78, 5) is 9.55. The molecule has 2 atom stereocenters. The van der Waals surface area contributed by atoms with E-state index < -0.39 is 0 Å². The number of hydrogen-bond acceptors (Lipinski definition) is 4. The molecule has 9 rings (SSSR count). The van der Waals surface area contributed by atoms with Crippen LogP contribution in [-0.4, -0.2) is 15.4 Å². The molecule has 0 spiro atoms. The number of aryl methyl sites for hydroxylation is 1. The lowest BCUT2D eigenvalue weighted by Gasteiger charge is -2.32. The van der Waals surface area contributed by atoms with Gasteiger partial charge in [0.2, 0.25) is 0 Å². The van der Waals surface area contributed by atoms with Gasteiger partial charge in [-0.25, -0.2) is 9.98 Å². The minimum atomic E-state index is -0.122. The molecule has 2 N–H and O–H groups in total. The standard InChI is InChI=1S/C28H25N3.C17H12N2/c1-20-17-24(21-11-5-2-6-12-21)19-25(18-20)28-30-26(22-13-7-3-8-14-22)29-27(31-28)23-15-9-4-10-16-23;1-3-9-15-13(7-1)14-8-2-4-10-16(14)19(15)17-11-5-6-12-18-17/h2-19,26-27,29H,1H3,(H,30,31);1-12H. The van der Waals surface area contributed by atoms with Crippen LogP contribution >= 0.6 is 0 Å². The van der Waals surface area contributed by atoms with E-state index in [1.54, 1.807) is 0 Å². The largest absolute Gasteiger partial charge is 0.350 e. The number of fused-ring (bicyclic) bond motifs is 3. The normalized spacial score (nSPS) is 15.5. The molecule has 0 saturated heterocycles. The molecule has 0 bridgehead atoms. The molecule has 0 saturated carbocycles. The van der Waals surface area contributed by atoms with E-state index in [-0.39, 0.29) is 12.3 Å². The van der Waals surface area contributed by atoms with Crippen LogP contribution in [0.5, 0.6) is 0 Å². The van der Waals surface area contributed by atoms with E-state index >= 15 is 0 Å². The Morgan fingerprint density at radius 1 is 0.520 bits per heavy atom. The highest BCUT2D eigenvalue weighted by Crippen LogP contribution is 2.31. The van der Waals surface area contributed by atoms with Crippen LogP contribution in [0.4, 0.5) is 0 Å². The zero-order valence-electron chi connectivity index (χ0n) is 27.8. The summed E-state index contributed by atoms with van der Waals surface area (Å²) in [6.07, 6.45) is 1.68. The second kappa shape index (κ2) is 14.0. The van der Waals surface area contributed by atoms with Gasteiger partial charge in [0.15, 0.2) is 0 Å². The summed E-state index contributed by atoms with van der Waals surface area (Å²) in [5.41, 5.74) is 9.46. The predicted molar refractivity (Wildman–Crippen MR) is 206 cm³/mol. The quantitative estimate of drug-likeness (QED) is 0.196. The summed E-state index contributed by atoms with van der Waals surface area (Å²) in [5, 5.41) is 9.81. The minimum Gasteiger partial charge on any atom is -0.350 e. The van der Waals surface area contributed by atoms with Gasteiger partial charge in [-0.3, -0.25) is 9.88 Å². The summed E-state index contributed by atoms with van der Waals surface area (Å²) in [5.74, 6) is 1.86. The summed E-state index contributed by atoms with van der Waals surface area (Å²) < 4.78 is 2.21. The predicted octanol–water partition coefficient (Wildman–Crippen LogP) is 10.2. The van der Waals surface area contributed by atoms with Gasteiger partial charge in [-0.15, -0.1) is 0 Å². The third kappa shape index (κ3) is 6.42. The summed E-state index contributed by atoms with van der Waals surface area (Å²) in [6, 6.07) is 60.9. The number of aliphatic imine (C=N–C) groups is 1. The highest BCUT2D eigenvalue weighted by Gasteiger charge is 2.25. The fourth-order valence-corrected chi connectivity index (χ4v) is 6.70. The fraction of sp³-hybridized carbons (Fsp3) is 0.0667. The van der Waals surface area contributed by atoms with Crippen LogP contribution in [0.1, 0.15) is 34.6 Å². The molecular formula is C45H37N5. The van der Waals surface area contributed by atoms with E-state index in [0.29, 0.717) is 0 Å². The molecule has 2 unspecified atom stereocenters. The van der Waals surface area contributed by atoms with E-state index in [9.17, 15) is 0 Å². The van der Waals surface area contributed by atoms with Crippen LogP contribution < -0.4 is 10.6 Å². The molecule has 0 aliphatic carbocycles. The number of rotatable bonds is 5. The van der Waals surface area contributed by atoms with E-state index in [2.05, 4.69) is 167 Å². The fourth-order valence-electron chi connectivity index (χ4n) is 6.70. The van der Waals surface area contributed by atoms with Crippen LogP contribution in [0.3, 0.4) is 0 Å². The summed E-state index contributed by atoms with van der Waals surface area (Å²) in [6.45, 7) is 2.14. The average Bonchev–Trinajstić information content (AvgIpc) is 3.53. The van der Waals surface area contributed by atoms with Crippen LogP contribution in [0.15, 0.2) is 187 Å². The first-order valence-electron chi connectivity index (χ1n) is 17.0. The maximum Gasteiger partial charge on any atom is 0.137 e. The Morgan fingerprint density at radius 2 is 1.08 bits per heavy atom. The van der Waals surface area contributed by atoms with Gasteiger partial charge in [-0.1, -0.05) is 140 Å². The van der Waals surface area contributed by atoms with Crippen molar-refractivity contribution in [3.05, 3.63) is 204 Å². The zero-order chi connectivity index (χ0) is 33.7. The van der Waals surface area contributed by atoms with Gasteiger partial charge in [0.25, 0.3) is 0 Å². The number of aromatic nitrogens is 2. The van der Waals surface area contributed by atoms with Crippen molar-refractivity contribution in [2.75, 3.05) is 0 Å². The second-order valence-corrected chi connectivity index (χ2v) is 12.5. The van der Waals surface area contributed by atoms with Crippen molar-refractivity contribution in [3.8, 4) is 16.9 Å². The molecule has 3 heterocycles. The lowest BCUT2D eigenvalue weighted by molar-refractivity contribution is 0.409. The summed E-state index contributed by atoms with van der Waals surface area (Å²) in [7, 11) is 0. The number of pyridine rings is 1. The van der Waals surface area contributed by atoms with Gasteiger partial charge < -0.3 is 5.32 Å². The number of benzene rings is 6. The van der Waals surface area contributed by atoms with Crippen molar-refractivity contribution in [1.82, 2.24) is 20.2 Å². The molecule has 1 aliphatic heterocycles. The molecule has 242 valence electrons. The summed E-state index contributed by atoms with van der Waals surface area (Å²) >= 11 is 0.